The van der Waals surface area contributed by atoms with E-state index < -0.39 is 0 Å². The molecule has 4 nitrogen and oxygen atoms in total. The fourth-order valence-corrected chi connectivity index (χ4v) is 5.62. The topological polar surface area (TPSA) is 32.8 Å². The number of likely N-dealkylation sites (tertiary alicyclic amines) is 1. The van der Waals surface area contributed by atoms with Gasteiger partial charge in [-0.25, -0.2) is 4.39 Å². The summed E-state index contributed by atoms with van der Waals surface area (Å²) < 4.78 is 18.7. The van der Waals surface area contributed by atoms with Gasteiger partial charge in [0.15, 0.2) is 0 Å². The molecule has 2 aromatic carbocycles. The minimum Gasteiger partial charge on any atom is -0.497 e. The molecule has 0 bridgehead atoms. The van der Waals surface area contributed by atoms with Crippen LogP contribution in [0.5, 0.6) is 5.75 Å². The number of carbonyl (C=O) groups excluding carboxylic acids is 1. The largest absolute Gasteiger partial charge is 0.497 e. The van der Waals surface area contributed by atoms with Crippen molar-refractivity contribution >= 4 is 17.2 Å². The summed E-state index contributed by atoms with van der Waals surface area (Å²) in [4.78, 5) is 18.3. The zero-order chi connectivity index (χ0) is 23.4. The fourth-order valence-electron chi connectivity index (χ4n) is 4.67. The molecule has 0 aliphatic carbocycles. The standard InChI is InChI=1S/C27H31FN2O2S/c1-19-12-13-33-27(19)18-29-15-23(26(17-29)22-6-10-25(32-3)11-7-22)16-30(20(2)31)14-21-4-8-24(28)9-5-21/h4-13,23,26H,14-18H2,1-3H3/t23-,26-/m0/s1. The quantitative estimate of drug-likeness (QED) is 0.441. The average Bonchev–Trinajstić information content (AvgIpc) is 3.40. The van der Waals surface area contributed by atoms with Crippen LogP contribution in [0, 0.1) is 18.7 Å². The number of halogens is 1. The van der Waals surface area contributed by atoms with Crippen molar-refractivity contribution in [3.63, 3.8) is 0 Å². The summed E-state index contributed by atoms with van der Waals surface area (Å²) in [7, 11) is 1.68. The van der Waals surface area contributed by atoms with Crippen molar-refractivity contribution in [1.29, 1.82) is 0 Å². The van der Waals surface area contributed by atoms with Gasteiger partial charge in [-0.3, -0.25) is 9.69 Å². The molecule has 1 fully saturated rings. The smallest absolute Gasteiger partial charge is 0.219 e. The Kier molecular flexibility index (Phi) is 7.46. The summed E-state index contributed by atoms with van der Waals surface area (Å²) in [6.07, 6.45) is 0. The molecular formula is C27H31FN2O2S. The lowest BCUT2D eigenvalue weighted by Crippen LogP contribution is -2.35. The molecule has 174 valence electrons. The Morgan fingerprint density at radius 3 is 2.45 bits per heavy atom. The van der Waals surface area contributed by atoms with Crippen LogP contribution in [0.2, 0.25) is 0 Å². The number of aryl methyl sites for hydroxylation is 1. The van der Waals surface area contributed by atoms with Crippen LogP contribution in [0.1, 0.15) is 34.4 Å². The minimum atomic E-state index is -0.261. The highest BCUT2D eigenvalue weighted by Crippen LogP contribution is 2.36. The predicted molar refractivity (Wildman–Crippen MR) is 131 cm³/mol. The monoisotopic (exact) mass is 466 g/mol. The first-order chi connectivity index (χ1) is 15.9. The van der Waals surface area contributed by atoms with Gasteiger partial charge in [-0.05, 0) is 65.2 Å². The van der Waals surface area contributed by atoms with Gasteiger partial charge in [0.1, 0.15) is 11.6 Å². The Morgan fingerprint density at radius 1 is 1.12 bits per heavy atom. The van der Waals surface area contributed by atoms with Gasteiger partial charge in [-0.1, -0.05) is 24.3 Å². The maximum Gasteiger partial charge on any atom is 0.219 e. The molecule has 3 aromatic rings. The van der Waals surface area contributed by atoms with E-state index in [2.05, 4.69) is 35.4 Å². The number of methoxy groups -OCH3 is 1. The summed E-state index contributed by atoms with van der Waals surface area (Å²) in [6, 6.07) is 16.9. The average molecular weight is 467 g/mol. The Bertz CT molecular complexity index is 1060. The van der Waals surface area contributed by atoms with Crippen LogP contribution in [0.3, 0.4) is 0 Å². The molecule has 2 heterocycles. The molecule has 2 atom stereocenters. The van der Waals surface area contributed by atoms with Gasteiger partial charge < -0.3 is 9.64 Å². The first-order valence-electron chi connectivity index (χ1n) is 11.3. The highest BCUT2D eigenvalue weighted by molar-refractivity contribution is 7.10. The number of benzene rings is 2. The van der Waals surface area contributed by atoms with Gasteiger partial charge in [0.05, 0.1) is 7.11 Å². The molecule has 4 rings (SSSR count). The summed E-state index contributed by atoms with van der Waals surface area (Å²) >= 11 is 1.81. The zero-order valence-corrected chi connectivity index (χ0v) is 20.3. The molecule has 0 spiro atoms. The Labute approximate surface area is 199 Å². The van der Waals surface area contributed by atoms with Crippen molar-refractivity contribution in [3.05, 3.63) is 87.4 Å². The third kappa shape index (κ3) is 5.81. The molecule has 1 saturated heterocycles. The Hall–Kier alpha value is -2.70. The van der Waals surface area contributed by atoms with Crippen molar-refractivity contribution in [2.24, 2.45) is 5.92 Å². The van der Waals surface area contributed by atoms with E-state index in [4.69, 9.17) is 4.74 Å². The molecule has 0 radical (unpaired) electrons. The molecule has 1 aromatic heterocycles. The third-order valence-electron chi connectivity index (χ3n) is 6.58. The van der Waals surface area contributed by atoms with Gasteiger partial charge in [-0.15, -0.1) is 11.3 Å². The predicted octanol–water partition coefficient (Wildman–Crippen LogP) is 5.47. The maximum absolute atomic E-state index is 13.3. The van der Waals surface area contributed by atoms with Gasteiger partial charge >= 0.3 is 0 Å². The van der Waals surface area contributed by atoms with E-state index in [9.17, 15) is 9.18 Å². The summed E-state index contributed by atoms with van der Waals surface area (Å²) in [5, 5.41) is 2.15. The Balaban J connectivity index is 1.54. The molecule has 1 amide bonds. The van der Waals surface area contributed by atoms with E-state index in [0.717, 1.165) is 30.9 Å². The second-order valence-corrected chi connectivity index (χ2v) is 9.89. The van der Waals surface area contributed by atoms with Crippen LogP contribution in [-0.4, -0.2) is 42.5 Å². The van der Waals surface area contributed by atoms with Crippen molar-refractivity contribution in [1.82, 2.24) is 9.80 Å². The normalized spacial score (nSPS) is 18.4. The molecule has 0 saturated carbocycles. The van der Waals surface area contributed by atoms with E-state index in [1.165, 1.54) is 28.1 Å². The van der Waals surface area contributed by atoms with Crippen LogP contribution in [-0.2, 0) is 17.9 Å². The van der Waals surface area contributed by atoms with Crippen LogP contribution in [0.25, 0.3) is 0 Å². The molecule has 1 aliphatic rings. The molecule has 0 unspecified atom stereocenters. The fraction of sp³-hybridized carbons (Fsp3) is 0.370. The number of carbonyl (C=O) groups is 1. The maximum atomic E-state index is 13.3. The number of nitrogens with zero attached hydrogens (tertiary/aromatic N) is 2. The lowest BCUT2D eigenvalue weighted by Gasteiger charge is -2.28. The second kappa shape index (κ2) is 10.5. The van der Waals surface area contributed by atoms with Crippen molar-refractivity contribution < 1.29 is 13.9 Å². The third-order valence-corrected chi connectivity index (χ3v) is 7.59. The summed E-state index contributed by atoms with van der Waals surface area (Å²) in [5.74, 6) is 1.26. The molecular weight excluding hydrogens is 435 g/mol. The summed E-state index contributed by atoms with van der Waals surface area (Å²) in [5.41, 5.74) is 3.55. The van der Waals surface area contributed by atoms with E-state index in [1.807, 2.05) is 28.4 Å². The minimum absolute atomic E-state index is 0.0420. The lowest BCUT2D eigenvalue weighted by molar-refractivity contribution is -0.130. The first kappa shape index (κ1) is 23.5. The SMILES string of the molecule is COc1ccc([C@@H]2CN(Cc3sccc3C)C[C@H]2CN(Cc2ccc(F)cc2)C(C)=O)cc1. The van der Waals surface area contributed by atoms with Gasteiger partial charge in [0, 0.05) is 50.4 Å². The highest BCUT2D eigenvalue weighted by atomic mass is 32.1. The number of thiophene rings is 1. The zero-order valence-electron chi connectivity index (χ0n) is 19.5. The van der Waals surface area contributed by atoms with Crippen LogP contribution in [0.4, 0.5) is 4.39 Å². The number of hydrogen-bond donors (Lipinski definition) is 0. The summed E-state index contributed by atoms with van der Waals surface area (Å²) in [6.45, 7) is 7.77. The lowest BCUT2D eigenvalue weighted by atomic mass is 9.88. The van der Waals surface area contributed by atoms with Gasteiger partial charge in [0.2, 0.25) is 5.91 Å². The molecule has 1 aliphatic heterocycles. The van der Waals surface area contributed by atoms with E-state index in [1.54, 1.807) is 26.2 Å². The van der Waals surface area contributed by atoms with Crippen LogP contribution in [0.15, 0.2) is 60.0 Å². The first-order valence-corrected chi connectivity index (χ1v) is 12.2. The van der Waals surface area contributed by atoms with Crippen molar-refractivity contribution in [2.45, 2.75) is 32.9 Å². The van der Waals surface area contributed by atoms with Gasteiger partial charge in [0.25, 0.3) is 0 Å². The molecule has 0 N–H and O–H groups in total. The van der Waals surface area contributed by atoms with Crippen molar-refractivity contribution in [2.75, 3.05) is 26.7 Å². The second-order valence-electron chi connectivity index (χ2n) is 8.89. The number of amides is 1. The number of hydrogen-bond acceptors (Lipinski definition) is 4. The van der Waals surface area contributed by atoms with Crippen molar-refractivity contribution in [3.8, 4) is 5.75 Å². The van der Waals surface area contributed by atoms with Gasteiger partial charge in [-0.2, -0.15) is 0 Å². The van der Waals surface area contributed by atoms with Crippen LogP contribution < -0.4 is 4.74 Å². The highest BCUT2D eigenvalue weighted by Gasteiger charge is 2.35. The Morgan fingerprint density at radius 2 is 1.85 bits per heavy atom. The molecule has 33 heavy (non-hydrogen) atoms. The number of ether oxygens (including phenoxy) is 1. The van der Waals surface area contributed by atoms with E-state index in [0.29, 0.717) is 24.9 Å². The molecule has 6 heteroatoms. The van der Waals surface area contributed by atoms with E-state index >= 15 is 0 Å². The van der Waals surface area contributed by atoms with Crippen LogP contribution >= 0.6 is 11.3 Å². The number of rotatable bonds is 8. The van der Waals surface area contributed by atoms with E-state index in [-0.39, 0.29) is 11.7 Å².